The van der Waals surface area contributed by atoms with Crippen LogP contribution in [-0.4, -0.2) is 40.7 Å². The summed E-state index contributed by atoms with van der Waals surface area (Å²) in [6.45, 7) is 1.76. The van der Waals surface area contributed by atoms with Gasteiger partial charge in [0.1, 0.15) is 5.70 Å². The Kier molecular flexibility index (Phi) is 7.24. The highest BCUT2D eigenvalue weighted by molar-refractivity contribution is 6.35. The Balaban J connectivity index is 1.60. The van der Waals surface area contributed by atoms with Crippen LogP contribution in [0.2, 0.25) is 0 Å². The van der Waals surface area contributed by atoms with E-state index in [0.717, 1.165) is 57.2 Å². The van der Waals surface area contributed by atoms with Crippen molar-refractivity contribution >= 4 is 17.4 Å². The molecule has 2 aliphatic heterocycles. The summed E-state index contributed by atoms with van der Waals surface area (Å²) < 4.78 is 0. The molecule has 3 aliphatic rings. The molecule has 162 valence electrons. The molecule has 1 aromatic carbocycles. The summed E-state index contributed by atoms with van der Waals surface area (Å²) in [6, 6.07) is 9.87. The van der Waals surface area contributed by atoms with Gasteiger partial charge in [0.15, 0.2) is 0 Å². The molecule has 2 heterocycles. The number of imide groups is 1. The van der Waals surface area contributed by atoms with E-state index in [1.807, 2.05) is 30.3 Å². The summed E-state index contributed by atoms with van der Waals surface area (Å²) in [5.74, 6) is -0.108. The van der Waals surface area contributed by atoms with Gasteiger partial charge in [0.2, 0.25) is 0 Å². The van der Waals surface area contributed by atoms with E-state index in [0.29, 0.717) is 11.3 Å². The standard InChI is InChI=1S/C26H36N2O2/c29-25-23(21-15-9-8-10-16-21)24(27-19-13-14-20-27)26(30)28(25)22-17-11-6-4-2-1-3-5-7-12-18-22/h8-10,15-16,22H,1-7,11-14,17-20H2. The van der Waals surface area contributed by atoms with Crippen molar-refractivity contribution in [1.29, 1.82) is 0 Å². The molecular formula is C26H36N2O2. The molecule has 1 saturated carbocycles. The molecule has 4 nitrogen and oxygen atoms in total. The van der Waals surface area contributed by atoms with E-state index in [9.17, 15) is 9.59 Å². The highest BCUT2D eigenvalue weighted by Gasteiger charge is 2.44. The Morgan fingerprint density at radius 1 is 0.633 bits per heavy atom. The predicted octanol–water partition coefficient (Wildman–Crippen LogP) is 5.54. The van der Waals surface area contributed by atoms with Crippen LogP contribution < -0.4 is 0 Å². The third kappa shape index (κ3) is 4.63. The molecule has 2 amide bonds. The number of hydrogen-bond donors (Lipinski definition) is 0. The van der Waals surface area contributed by atoms with Gasteiger partial charge in [0.25, 0.3) is 11.8 Å². The fraction of sp³-hybridized carbons (Fsp3) is 0.615. The molecule has 0 aromatic heterocycles. The number of amides is 2. The lowest BCUT2D eigenvalue weighted by molar-refractivity contribution is -0.140. The minimum atomic E-state index is -0.0646. The van der Waals surface area contributed by atoms with Crippen LogP contribution in [0.4, 0.5) is 0 Å². The topological polar surface area (TPSA) is 40.6 Å². The highest BCUT2D eigenvalue weighted by atomic mass is 16.2. The van der Waals surface area contributed by atoms with Crippen LogP contribution in [0.25, 0.3) is 5.57 Å². The van der Waals surface area contributed by atoms with Crippen LogP contribution in [0.1, 0.15) is 89.0 Å². The minimum Gasteiger partial charge on any atom is -0.366 e. The van der Waals surface area contributed by atoms with Crippen LogP contribution in [0.5, 0.6) is 0 Å². The van der Waals surface area contributed by atoms with E-state index in [2.05, 4.69) is 4.90 Å². The second-order valence-corrected chi connectivity index (χ2v) is 9.18. The number of hydrogen-bond acceptors (Lipinski definition) is 3. The van der Waals surface area contributed by atoms with Crippen LogP contribution in [0.15, 0.2) is 36.0 Å². The molecule has 1 saturated heterocycles. The largest absolute Gasteiger partial charge is 0.366 e. The fourth-order valence-electron chi connectivity index (χ4n) is 5.37. The molecule has 1 aromatic rings. The molecule has 0 spiro atoms. The van der Waals surface area contributed by atoms with Crippen LogP contribution in [0, 0.1) is 0 Å². The Hall–Kier alpha value is -2.10. The van der Waals surface area contributed by atoms with Gasteiger partial charge >= 0.3 is 0 Å². The highest BCUT2D eigenvalue weighted by Crippen LogP contribution is 2.36. The molecule has 0 bridgehead atoms. The van der Waals surface area contributed by atoms with Gasteiger partial charge in [-0.25, -0.2) is 0 Å². The Morgan fingerprint density at radius 3 is 1.73 bits per heavy atom. The van der Waals surface area contributed by atoms with E-state index in [4.69, 9.17) is 0 Å². The molecule has 30 heavy (non-hydrogen) atoms. The maximum atomic E-state index is 13.7. The van der Waals surface area contributed by atoms with E-state index < -0.39 is 0 Å². The van der Waals surface area contributed by atoms with Crippen molar-refractivity contribution in [3.8, 4) is 0 Å². The molecule has 4 rings (SSSR count). The molecular weight excluding hydrogens is 372 g/mol. The number of carbonyl (C=O) groups excluding carboxylic acids is 2. The van der Waals surface area contributed by atoms with Gasteiger partial charge in [-0.1, -0.05) is 88.1 Å². The first-order valence-electron chi connectivity index (χ1n) is 12.2. The number of likely N-dealkylation sites (tertiary alicyclic amines) is 1. The maximum Gasteiger partial charge on any atom is 0.278 e. The van der Waals surface area contributed by atoms with Gasteiger partial charge in [-0.2, -0.15) is 0 Å². The van der Waals surface area contributed by atoms with Crippen molar-refractivity contribution < 1.29 is 9.59 Å². The average molecular weight is 409 g/mol. The van der Waals surface area contributed by atoms with E-state index in [1.54, 1.807) is 4.90 Å². The van der Waals surface area contributed by atoms with Crippen LogP contribution >= 0.6 is 0 Å². The van der Waals surface area contributed by atoms with Crippen molar-refractivity contribution in [2.75, 3.05) is 13.1 Å². The molecule has 4 heteroatoms. The number of nitrogens with zero attached hydrogens (tertiary/aromatic N) is 2. The van der Waals surface area contributed by atoms with Gasteiger partial charge in [0.05, 0.1) is 5.57 Å². The monoisotopic (exact) mass is 408 g/mol. The Labute approximate surface area is 181 Å². The second-order valence-electron chi connectivity index (χ2n) is 9.18. The summed E-state index contributed by atoms with van der Waals surface area (Å²) in [4.78, 5) is 31.2. The minimum absolute atomic E-state index is 0.0437. The van der Waals surface area contributed by atoms with Gasteiger partial charge in [0, 0.05) is 19.1 Å². The van der Waals surface area contributed by atoms with Crippen LogP contribution in [-0.2, 0) is 9.59 Å². The second kappa shape index (κ2) is 10.3. The summed E-state index contributed by atoms with van der Waals surface area (Å²) in [6.07, 6.45) is 15.3. The molecule has 0 N–H and O–H groups in total. The summed E-state index contributed by atoms with van der Waals surface area (Å²) >= 11 is 0. The van der Waals surface area contributed by atoms with Gasteiger partial charge in [-0.05, 0) is 31.2 Å². The number of benzene rings is 1. The average Bonchev–Trinajstić information content (AvgIpc) is 3.36. The van der Waals surface area contributed by atoms with Crippen molar-refractivity contribution in [2.45, 2.75) is 89.5 Å². The predicted molar refractivity (Wildman–Crippen MR) is 121 cm³/mol. The quantitative estimate of drug-likeness (QED) is 0.617. The molecule has 2 fully saturated rings. The van der Waals surface area contributed by atoms with E-state index >= 15 is 0 Å². The lowest BCUT2D eigenvalue weighted by atomic mass is 9.96. The third-order valence-corrected chi connectivity index (χ3v) is 7.02. The normalized spacial score (nSPS) is 23.1. The number of rotatable bonds is 3. The lowest BCUT2D eigenvalue weighted by Gasteiger charge is -2.28. The van der Waals surface area contributed by atoms with E-state index in [1.165, 1.54) is 44.9 Å². The summed E-state index contributed by atoms with van der Waals surface area (Å²) in [5.41, 5.74) is 2.18. The van der Waals surface area contributed by atoms with Gasteiger partial charge < -0.3 is 4.90 Å². The smallest absolute Gasteiger partial charge is 0.278 e. The molecule has 0 atom stereocenters. The van der Waals surface area contributed by atoms with Crippen molar-refractivity contribution in [2.24, 2.45) is 0 Å². The van der Waals surface area contributed by atoms with Gasteiger partial charge in [-0.15, -0.1) is 0 Å². The summed E-state index contributed by atoms with van der Waals surface area (Å²) in [7, 11) is 0. The zero-order chi connectivity index (χ0) is 20.8. The van der Waals surface area contributed by atoms with Crippen molar-refractivity contribution in [3.05, 3.63) is 41.6 Å². The number of carbonyl (C=O) groups is 2. The summed E-state index contributed by atoms with van der Waals surface area (Å²) in [5, 5.41) is 0. The first-order valence-corrected chi connectivity index (χ1v) is 12.2. The SMILES string of the molecule is O=C1C(c2ccccc2)=C(N2CCCC2)C(=O)N1C1CCCCCCCCCCC1. The van der Waals surface area contributed by atoms with E-state index in [-0.39, 0.29) is 17.9 Å². The molecule has 0 unspecified atom stereocenters. The Morgan fingerprint density at radius 2 is 1.17 bits per heavy atom. The first kappa shape index (κ1) is 21.1. The zero-order valence-electron chi connectivity index (χ0n) is 18.3. The first-order chi connectivity index (χ1) is 14.8. The zero-order valence-corrected chi connectivity index (χ0v) is 18.3. The third-order valence-electron chi connectivity index (χ3n) is 7.02. The lowest BCUT2D eigenvalue weighted by Crippen LogP contribution is -2.42. The van der Waals surface area contributed by atoms with Crippen LogP contribution in [0.3, 0.4) is 0 Å². The maximum absolute atomic E-state index is 13.7. The fourth-order valence-corrected chi connectivity index (χ4v) is 5.37. The van der Waals surface area contributed by atoms with Gasteiger partial charge in [-0.3, -0.25) is 14.5 Å². The van der Waals surface area contributed by atoms with Crippen molar-refractivity contribution in [3.63, 3.8) is 0 Å². The molecule has 1 aliphatic carbocycles. The Bertz CT molecular complexity index is 752. The van der Waals surface area contributed by atoms with Crippen molar-refractivity contribution in [1.82, 2.24) is 9.80 Å². The molecule has 0 radical (unpaired) electrons.